The Balaban J connectivity index is 1.72. The molecule has 1 amide bonds. The van der Waals surface area contributed by atoms with Gasteiger partial charge < -0.3 is 14.7 Å². The third kappa shape index (κ3) is 3.48. The summed E-state index contributed by atoms with van der Waals surface area (Å²) in [5.41, 5.74) is 0.489. The lowest BCUT2D eigenvalue weighted by atomic mass is 10.1. The molecule has 0 spiro atoms. The lowest BCUT2D eigenvalue weighted by Gasteiger charge is -2.16. The van der Waals surface area contributed by atoms with Crippen molar-refractivity contribution in [3.8, 4) is 11.5 Å². The Morgan fingerprint density at radius 1 is 1.17 bits per heavy atom. The molecule has 1 atom stereocenters. The van der Waals surface area contributed by atoms with E-state index in [9.17, 15) is 9.59 Å². The summed E-state index contributed by atoms with van der Waals surface area (Å²) in [6.07, 6.45) is 3.75. The molecule has 1 aliphatic heterocycles. The Hall–Kier alpha value is -2.89. The van der Waals surface area contributed by atoms with Crippen LogP contribution in [-0.4, -0.2) is 40.0 Å². The fourth-order valence-corrected chi connectivity index (χ4v) is 2.56. The van der Waals surface area contributed by atoms with Crippen molar-refractivity contribution in [1.29, 1.82) is 0 Å². The van der Waals surface area contributed by atoms with E-state index in [1.165, 1.54) is 0 Å². The van der Waals surface area contributed by atoms with Gasteiger partial charge in [0.05, 0.1) is 5.92 Å². The van der Waals surface area contributed by atoms with Crippen LogP contribution in [0, 0.1) is 5.92 Å². The molecule has 1 aromatic heterocycles. The largest absolute Gasteiger partial charge is 0.481 e. The first-order valence-electron chi connectivity index (χ1n) is 7.33. The maximum absolute atomic E-state index is 12.5. The summed E-state index contributed by atoms with van der Waals surface area (Å²) in [5, 5.41) is 9.03. The van der Waals surface area contributed by atoms with E-state index in [4.69, 9.17) is 9.84 Å². The van der Waals surface area contributed by atoms with E-state index >= 15 is 0 Å². The number of carbonyl (C=O) groups is 2. The SMILES string of the molecule is O=C(O)[C@H]1CCN(C(=O)c2cccc(Oc3ccncc3)c2)C1. The standard InChI is InChI=1S/C17H16N2O4/c20-16(19-9-6-13(11-19)17(21)22)12-2-1-3-15(10-12)23-14-4-7-18-8-5-14/h1-5,7-8,10,13H,6,9,11H2,(H,21,22)/t13-/m0/s1. The van der Waals surface area contributed by atoms with Gasteiger partial charge in [-0.15, -0.1) is 0 Å². The second-order valence-electron chi connectivity index (χ2n) is 5.39. The molecule has 1 aromatic carbocycles. The van der Waals surface area contributed by atoms with Gasteiger partial charge in [0.2, 0.25) is 0 Å². The minimum atomic E-state index is -0.852. The molecule has 0 aliphatic carbocycles. The number of hydrogen-bond acceptors (Lipinski definition) is 4. The third-order valence-electron chi connectivity index (χ3n) is 3.79. The van der Waals surface area contributed by atoms with Gasteiger partial charge in [-0.25, -0.2) is 0 Å². The summed E-state index contributed by atoms with van der Waals surface area (Å²) < 4.78 is 5.69. The highest BCUT2D eigenvalue weighted by molar-refractivity contribution is 5.95. The highest BCUT2D eigenvalue weighted by Crippen LogP contribution is 2.24. The number of carboxylic acids is 1. The van der Waals surface area contributed by atoms with E-state index in [1.54, 1.807) is 53.7 Å². The number of pyridine rings is 1. The first kappa shape index (κ1) is 15.0. The predicted molar refractivity (Wildman–Crippen MR) is 82.4 cm³/mol. The van der Waals surface area contributed by atoms with Gasteiger partial charge in [-0.3, -0.25) is 14.6 Å². The van der Waals surface area contributed by atoms with E-state index in [2.05, 4.69) is 4.98 Å². The van der Waals surface area contributed by atoms with Crippen LogP contribution in [0.25, 0.3) is 0 Å². The summed E-state index contributed by atoms with van der Waals surface area (Å²) in [4.78, 5) is 29.0. The quantitative estimate of drug-likeness (QED) is 0.938. The van der Waals surface area contributed by atoms with Crippen molar-refractivity contribution >= 4 is 11.9 Å². The number of likely N-dealkylation sites (tertiary alicyclic amines) is 1. The molecule has 3 rings (SSSR count). The molecule has 0 unspecified atom stereocenters. The molecule has 1 fully saturated rings. The van der Waals surface area contributed by atoms with E-state index < -0.39 is 11.9 Å². The van der Waals surface area contributed by atoms with Crippen molar-refractivity contribution in [2.75, 3.05) is 13.1 Å². The number of hydrogen-bond donors (Lipinski definition) is 1. The van der Waals surface area contributed by atoms with Gasteiger partial charge in [0.25, 0.3) is 5.91 Å². The van der Waals surface area contributed by atoms with Gasteiger partial charge in [-0.1, -0.05) is 6.07 Å². The normalized spacial score (nSPS) is 17.0. The number of aromatic nitrogens is 1. The molecule has 1 N–H and O–H groups in total. The van der Waals surface area contributed by atoms with Gasteiger partial charge in [0.15, 0.2) is 0 Å². The number of ether oxygens (including phenoxy) is 1. The number of aliphatic carboxylic acids is 1. The highest BCUT2D eigenvalue weighted by atomic mass is 16.5. The zero-order valence-corrected chi connectivity index (χ0v) is 12.4. The lowest BCUT2D eigenvalue weighted by Crippen LogP contribution is -2.29. The molecule has 23 heavy (non-hydrogen) atoms. The Bertz CT molecular complexity index is 718. The number of carbonyl (C=O) groups excluding carboxylic acids is 1. The molecule has 0 saturated carbocycles. The predicted octanol–water partition coefficient (Wildman–Crippen LogP) is 2.42. The monoisotopic (exact) mass is 312 g/mol. The molecular weight excluding hydrogens is 296 g/mol. The Morgan fingerprint density at radius 3 is 2.65 bits per heavy atom. The second kappa shape index (κ2) is 6.48. The molecular formula is C17H16N2O4. The van der Waals surface area contributed by atoms with Crippen molar-refractivity contribution in [2.45, 2.75) is 6.42 Å². The van der Waals surface area contributed by atoms with Crippen molar-refractivity contribution in [2.24, 2.45) is 5.92 Å². The van der Waals surface area contributed by atoms with E-state index in [-0.39, 0.29) is 12.5 Å². The first-order chi connectivity index (χ1) is 11.1. The molecule has 1 aliphatic rings. The van der Waals surface area contributed by atoms with Gasteiger partial charge in [-0.05, 0) is 36.8 Å². The van der Waals surface area contributed by atoms with E-state index in [0.29, 0.717) is 30.0 Å². The Labute approximate surface area is 133 Å². The van der Waals surface area contributed by atoms with Crippen LogP contribution in [0.1, 0.15) is 16.8 Å². The minimum Gasteiger partial charge on any atom is -0.481 e. The van der Waals surface area contributed by atoms with Crippen LogP contribution in [0.4, 0.5) is 0 Å². The van der Waals surface area contributed by atoms with Crippen LogP contribution in [0.3, 0.4) is 0 Å². The summed E-state index contributed by atoms with van der Waals surface area (Å²) in [6.45, 7) is 0.717. The molecule has 2 heterocycles. The van der Waals surface area contributed by atoms with Gasteiger partial charge in [-0.2, -0.15) is 0 Å². The summed E-state index contributed by atoms with van der Waals surface area (Å²) in [5.74, 6) is -0.313. The number of carboxylic acid groups (broad SMARTS) is 1. The Morgan fingerprint density at radius 2 is 1.96 bits per heavy atom. The zero-order valence-electron chi connectivity index (χ0n) is 12.4. The van der Waals surface area contributed by atoms with Crippen LogP contribution in [0.15, 0.2) is 48.8 Å². The lowest BCUT2D eigenvalue weighted by molar-refractivity contribution is -0.141. The van der Waals surface area contributed by atoms with Crippen molar-refractivity contribution in [1.82, 2.24) is 9.88 Å². The molecule has 6 heteroatoms. The van der Waals surface area contributed by atoms with E-state index in [1.807, 2.05) is 0 Å². The summed E-state index contributed by atoms with van der Waals surface area (Å²) in [7, 11) is 0. The molecule has 0 bridgehead atoms. The van der Waals surface area contributed by atoms with Gasteiger partial charge in [0.1, 0.15) is 11.5 Å². The first-order valence-corrected chi connectivity index (χ1v) is 7.33. The van der Waals surface area contributed by atoms with Gasteiger partial charge >= 0.3 is 5.97 Å². The number of amides is 1. The highest BCUT2D eigenvalue weighted by Gasteiger charge is 2.31. The molecule has 118 valence electrons. The average Bonchev–Trinajstić information content (AvgIpc) is 3.06. The topological polar surface area (TPSA) is 79.7 Å². The summed E-state index contributed by atoms with van der Waals surface area (Å²) in [6, 6.07) is 10.3. The summed E-state index contributed by atoms with van der Waals surface area (Å²) >= 11 is 0. The number of rotatable bonds is 4. The van der Waals surface area contributed by atoms with Crippen molar-refractivity contribution in [3.05, 3.63) is 54.4 Å². The maximum atomic E-state index is 12.5. The fourth-order valence-electron chi connectivity index (χ4n) is 2.56. The van der Waals surface area contributed by atoms with Crippen molar-refractivity contribution in [3.63, 3.8) is 0 Å². The molecule has 0 radical (unpaired) electrons. The van der Waals surface area contributed by atoms with Crippen LogP contribution < -0.4 is 4.74 Å². The average molecular weight is 312 g/mol. The zero-order chi connectivity index (χ0) is 16.2. The second-order valence-corrected chi connectivity index (χ2v) is 5.39. The molecule has 6 nitrogen and oxygen atoms in total. The number of nitrogens with zero attached hydrogens (tertiary/aromatic N) is 2. The van der Waals surface area contributed by atoms with Crippen molar-refractivity contribution < 1.29 is 19.4 Å². The van der Waals surface area contributed by atoms with Gasteiger partial charge in [0, 0.05) is 31.0 Å². The van der Waals surface area contributed by atoms with Crippen LogP contribution in [0.2, 0.25) is 0 Å². The smallest absolute Gasteiger partial charge is 0.308 e. The Kier molecular flexibility index (Phi) is 4.23. The third-order valence-corrected chi connectivity index (χ3v) is 3.79. The number of benzene rings is 1. The fraction of sp³-hybridized carbons (Fsp3) is 0.235. The van der Waals surface area contributed by atoms with Crippen LogP contribution in [0.5, 0.6) is 11.5 Å². The van der Waals surface area contributed by atoms with Crippen LogP contribution >= 0.6 is 0 Å². The minimum absolute atomic E-state index is 0.172. The maximum Gasteiger partial charge on any atom is 0.308 e. The molecule has 2 aromatic rings. The van der Waals surface area contributed by atoms with Crippen LogP contribution in [-0.2, 0) is 4.79 Å². The van der Waals surface area contributed by atoms with E-state index in [0.717, 1.165) is 0 Å². The molecule has 1 saturated heterocycles.